The van der Waals surface area contributed by atoms with Crippen molar-refractivity contribution in [2.45, 2.75) is 18.9 Å². The number of carbonyl (C=O) groups excluding carboxylic acids is 2. The number of benzene rings is 1. The molecule has 0 spiro atoms. The van der Waals surface area contributed by atoms with Crippen LogP contribution in [0.1, 0.15) is 23.2 Å². The zero-order chi connectivity index (χ0) is 13.9. The minimum atomic E-state index is -0.651. The third-order valence-electron chi connectivity index (χ3n) is 3.36. The van der Waals surface area contributed by atoms with Crippen LogP contribution in [0.5, 0.6) is 0 Å². The van der Waals surface area contributed by atoms with Gasteiger partial charge in [0.25, 0.3) is 0 Å². The molecular weight excluding hydrogens is 256 g/mol. The molecule has 0 unspecified atom stereocenters. The first-order chi connectivity index (χ1) is 9.74. The number of carbonyl (C=O) groups is 2. The summed E-state index contributed by atoms with van der Waals surface area (Å²) in [7, 11) is 0. The minimum absolute atomic E-state index is 0.287. The fourth-order valence-corrected chi connectivity index (χ4v) is 2.29. The van der Waals surface area contributed by atoms with Crippen molar-refractivity contribution in [3.05, 3.63) is 42.1 Å². The van der Waals surface area contributed by atoms with Crippen molar-refractivity contribution in [2.24, 2.45) is 0 Å². The number of rotatable bonds is 2. The third-order valence-corrected chi connectivity index (χ3v) is 3.36. The van der Waals surface area contributed by atoms with E-state index in [4.69, 9.17) is 4.74 Å². The Hall–Kier alpha value is -2.27. The van der Waals surface area contributed by atoms with Gasteiger partial charge < -0.3 is 10.1 Å². The molecule has 1 N–H and O–H groups in total. The Morgan fingerprint density at radius 1 is 1.30 bits per heavy atom. The summed E-state index contributed by atoms with van der Waals surface area (Å²) in [4.78, 5) is 27.9. The number of fused-ring (bicyclic) bond motifs is 1. The molecule has 2 heterocycles. The van der Waals surface area contributed by atoms with Gasteiger partial charge in [-0.2, -0.15) is 0 Å². The molecule has 1 atom stereocenters. The second-order valence-corrected chi connectivity index (χ2v) is 4.77. The van der Waals surface area contributed by atoms with Gasteiger partial charge in [0.15, 0.2) is 0 Å². The van der Waals surface area contributed by atoms with Crippen LogP contribution in [0.4, 0.5) is 0 Å². The number of ether oxygens (including phenoxy) is 1. The van der Waals surface area contributed by atoms with E-state index in [1.165, 1.54) is 6.20 Å². The first kappa shape index (κ1) is 12.7. The lowest BCUT2D eigenvalue weighted by atomic mass is 10.1. The van der Waals surface area contributed by atoms with Crippen LogP contribution in [0.25, 0.3) is 10.9 Å². The molecule has 3 rings (SSSR count). The highest BCUT2D eigenvalue weighted by Gasteiger charge is 2.26. The summed E-state index contributed by atoms with van der Waals surface area (Å²) in [5.41, 5.74) is 1.09. The van der Waals surface area contributed by atoms with Gasteiger partial charge in [0.1, 0.15) is 6.04 Å². The molecule has 1 aromatic heterocycles. The van der Waals surface area contributed by atoms with E-state index in [2.05, 4.69) is 10.3 Å². The number of nitrogens with one attached hydrogen (secondary N) is 1. The quantitative estimate of drug-likeness (QED) is 0.664. The molecule has 1 aliphatic rings. The third kappa shape index (κ3) is 2.53. The standard InChI is InChI=1S/C15H14N2O3/c18-14(20-15(19)13-6-3-7-16-13)11-8-10-4-1-2-5-12(10)17-9-11/h1-2,4-5,8-9,13,16H,3,6-7H2/t13-/m0/s1. The van der Waals surface area contributed by atoms with Crippen LogP contribution < -0.4 is 5.32 Å². The molecule has 0 amide bonds. The van der Waals surface area contributed by atoms with Gasteiger partial charge in [-0.1, -0.05) is 18.2 Å². The van der Waals surface area contributed by atoms with E-state index in [-0.39, 0.29) is 11.6 Å². The maximum atomic E-state index is 11.9. The van der Waals surface area contributed by atoms with Crippen molar-refractivity contribution in [1.82, 2.24) is 10.3 Å². The monoisotopic (exact) mass is 270 g/mol. The Morgan fingerprint density at radius 2 is 2.15 bits per heavy atom. The number of nitrogens with zero attached hydrogens (tertiary/aromatic N) is 1. The summed E-state index contributed by atoms with van der Waals surface area (Å²) in [6.45, 7) is 0.783. The van der Waals surface area contributed by atoms with E-state index in [0.717, 1.165) is 23.9 Å². The molecule has 1 saturated heterocycles. The van der Waals surface area contributed by atoms with Crippen LogP contribution in [0.2, 0.25) is 0 Å². The fraction of sp³-hybridized carbons (Fsp3) is 0.267. The van der Waals surface area contributed by atoms with Crippen LogP contribution >= 0.6 is 0 Å². The van der Waals surface area contributed by atoms with Crippen LogP contribution in [0.3, 0.4) is 0 Å². The summed E-state index contributed by atoms with van der Waals surface area (Å²) in [6, 6.07) is 8.78. The molecule has 5 nitrogen and oxygen atoms in total. The SMILES string of the molecule is O=C(OC(=O)[C@@H]1CCCN1)c1cnc2ccccc2c1. The summed E-state index contributed by atoms with van der Waals surface area (Å²) in [6.07, 6.45) is 3.06. The topological polar surface area (TPSA) is 68.3 Å². The Labute approximate surface area is 116 Å². The molecule has 2 aromatic rings. The first-order valence-electron chi connectivity index (χ1n) is 6.58. The number of aromatic nitrogens is 1. The molecule has 0 saturated carbocycles. The normalized spacial score (nSPS) is 18.1. The Balaban J connectivity index is 1.76. The lowest BCUT2D eigenvalue weighted by Gasteiger charge is -2.08. The number of esters is 2. The molecule has 0 radical (unpaired) electrons. The highest BCUT2D eigenvalue weighted by atomic mass is 16.6. The van der Waals surface area contributed by atoms with E-state index in [1.807, 2.05) is 24.3 Å². The van der Waals surface area contributed by atoms with Gasteiger partial charge in [-0.05, 0) is 31.5 Å². The van der Waals surface area contributed by atoms with Gasteiger partial charge in [0, 0.05) is 11.6 Å². The lowest BCUT2D eigenvalue weighted by Crippen LogP contribution is -2.33. The second-order valence-electron chi connectivity index (χ2n) is 4.77. The highest BCUT2D eigenvalue weighted by molar-refractivity contribution is 6.00. The van der Waals surface area contributed by atoms with Crippen LogP contribution in [0, 0.1) is 0 Å². The maximum Gasteiger partial charge on any atom is 0.347 e. The summed E-state index contributed by atoms with van der Waals surface area (Å²) in [5.74, 6) is -1.16. The highest BCUT2D eigenvalue weighted by Crippen LogP contribution is 2.14. The van der Waals surface area contributed by atoms with Gasteiger partial charge in [0.05, 0.1) is 11.1 Å². The van der Waals surface area contributed by atoms with Crippen molar-refractivity contribution in [2.75, 3.05) is 6.54 Å². The van der Waals surface area contributed by atoms with E-state index in [9.17, 15) is 9.59 Å². The van der Waals surface area contributed by atoms with E-state index < -0.39 is 11.9 Å². The van der Waals surface area contributed by atoms with Gasteiger partial charge in [0.2, 0.25) is 0 Å². The molecule has 1 fully saturated rings. The fourth-order valence-electron chi connectivity index (χ4n) is 2.29. The minimum Gasteiger partial charge on any atom is -0.388 e. The van der Waals surface area contributed by atoms with Crippen LogP contribution in [-0.4, -0.2) is 29.5 Å². The van der Waals surface area contributed by atoms with Crippen molar-refractivity contribution in [3.8, 4) is 0 Å². The number of para-hydroxylation sites is 1. The number of hydrogen-bond donors (Lipinski definition) is 1. The molecular formula is C15H14N2O3. The van der Waals surface area contributed by atoms with Gasteiger partial charge >= 0.3 is 11.9 Å². The summed E-state index contributed by atoms with van der Waals surface area (Å²) < 4.78 is 4.89. The summed E-state index contributed by atoms with van der Waals surface area (Å²) >= 11 is 0. The average Bonchev–Trinajstić information content (AvgIpc) is 3.01. The van der Waals surface area contributed by atoms with Crippen LogP contribution in [0.15, 0.2) is 36.5 Å². The smallest absolute Gasteiger partial charge is 0.347 e. The molecule has 0 aliphatic carbocycles. The van der Waals surface area contributed by atoms with Gasteiger partial charge in [-0.15, -0.1) is 0 Å². The van der Waals surface area contributed by atoms with Crippen molar-refractivity contribution >= 4 is 22.8 Å². The maximum absolute atomic E-state index is 11.9. The Kier molecular flexibility index (Phi) is 3.43. The molecule has 1 aromatic carbocycles. The van der Waals surface area contributed by atoms with Gasteiger partial charge in [-0.3, -0.25) is 4.98 Å². The first-order valence-corrected chi connectivity index (χ1v) is 6.58. The molecule has 0 bridgehead atoms. The van der Waals surface area contributed by atoms with Crippen molar-refractivity contribution < 1.29 is 14.3 Å². The molecule has 1 aliphatic heterocycles. The van der Waals surface area contributed by atoms with E-state index in [0.29, 0.717) is 6.42 Å². The molecule has 20 heavy (non-hydrogen) atoms. The zero-order valence-corrected chi connectivity index (χ0v) is 10.8. The predicted molar refractivity (Wildman–Crippen MR) is 73.2 cm³/mol. The molecule has 102 valence electrons. The Morgan fingerprint density at radius 3 is 2.95 bits per heavy atom. The van der Waals surface area contributed by atoms with E-state index in [1.54, 1.807) is 6.07 Å². The average molecular weight is 270 g/mol. The van der Waals surface area contributed by atoms with Crippen LogP contribution in [-0.2, 0) is 9.53 Å². The predicted octanol–water partition coefficient (Wildman–Crippen LogP) is 1.67. The largest absolute Gasteiger partial charge is 0.388 e. The number of pyridine rings is 1. The van der Waals surface area contributed by atoms with E-state index >= 15 is 0 Å². The number of hydrogen-bond acceptors (Lipinski definition) is 5. The second kappa shape index (κ2) is 5.38. The van der Waals surface area contributed by atoms with Crippen molar-refractivity contribution in [3.63, 3.8) is 0 Å². The van der Waals surface area contributed by atoms with Gasteiger partial charge in [-0.25, -0.2) is 9.59 Å². The van der Waals surface area contributed by atoms with Crippen molar-refractivity contribution in [1.29, 1.82) is 0 Å². The Bertz CT molecular complexity index is 663. The zero-order valence-electron chi connectivity index (χ0n) is 10.8. The molecule has 5 heteroatoms. The summed E-state index contributed by atoms with van der Waals surface area (Å²) in [5, 5.41) is 3.84. The lowest BCUT2D eigenvalue weighted by molar-refractivity contribution is -0.139.